The van der Waals surface area contributed by atoms with Crippen molar-refractivity contribution in [2.75, 3.05) is 18.7 Å². The van der Waals surface area contributed by atoms with Crippen molar-refractivity contribution in [1.82, 2.24) is 14.9 Å². The number of anilines is 1. The summed E-state index contributed by atoms with van der Waals surface area (Å²) in [4.78, 5) is 23.3. The van der Waals surface area contributed by atoms with Gasteiger partial charge < -0.3 is 19.7 Å². The Kier molecular flexibility index (Phi) is 4.48. The van der Waals surface area contributed by atoms with Crippen molar-refractivity contribution < 1.29 is 14.3 Å². The number of nitrogens with zero attached hydrogens (tertiary/aromatic N) is 3. The number of hydrogen-bond acceptors (Lipinski definition) is 6. The SMILES string of the molecule is O=C(c1cnc(NCc2ccc3c(c2)OCO3)nc1)N1CCc2ccccc2C1. The van der Waals surface area contributed by atoms with Crippen LogP contribution in [-0.4, -0.2) is 34.1 Å². The Labute approximate surface area is 168 Å². The van der Waals surface area contributed by atoms with Gasteiger partial charge in [0.05, 0.1) is 5.56 Å². The molecule has 2 aliphatic rings. The zero-order chi connectivity index (χ0) is 19.6. The minimum absolute atomic E-state index is 0.0400. The predicted molar refractivity (Wildman–Crippen MR) is 107 cm³/mol. The largest absolute Gasteiger partial charge is 0.454 e. The summed E-state index contributed by atoms with van der Waals surface area (Å²) in [5, 5.41) is 3.17. The molecule has 7 heteroatoms. The molecule has 0 bridgehead atoms. The van der Waals surface area contributed by atoms with E-state index in [4.69, 9.17) is 9.47 Å². The molecule has 0 aliphatic carbocycles. The Hall–Kier alpha value is -3.61. The Bertz CT molecular complexity index is 1050. The molecule has 146 valence electrons. The van der Waals surface area contributed by atoms with Crippen LogP contribution in [0.25, 0.3) is 0 Å². The van der Waals surface area contributed by atoms with Crippen molar-refractivity contribution in [3.8, 4) is 11.5 Å². The van der Waals surface area contributed by atoms with Crippen LogP contribution in [0.2, 0.25) is 0 Å². The van der Waals surface area contributed by atoms with Crippen LogP contribution in [-0.2, 0) is 19.5 Å². The lowest BCUT2D eigenvalue weighted by atomic mass is 9.99. The van der Waals surface area contributed by atoms with E-state index in [1.165, 1.54) is 11.1 Å². The fraction of sp³-hybridized carbons (Fsp3) is 0.227. The molecule has 0 saturated heterocycles. The van der Waals surface area contributed by atoms with Crippen molar-refractivity contribution in [3.63, 3.8) is 0 Å². The fourth-order valence-electron chi connectivity index (χ4n) is 3.61. The molecule has 0 fully saturated rings. The monoisotopic (exact) mass is 388 g/mol. The van der Waals surface area contributed by atoms with E-state index in [-0.39, 0.29) is 12.7 Å². The molecule has 1 aromatic heterocycles. The molecular weight excluding hydrogens is 368 g/mol. The number of ether oxygens (including phenoxy) is 2. The van der Waals surface area contributed by atoms with Crippen LogP contribution in [0, 0.1) is 0 Å². The maximum atomic E-state index is 12.8. The van der Waals surface area contributed by atoms with Crippen molar-refractivity contribution in [2.45, 2.75) is 19.5 Å². The molecule has 2 aliphatic heterocycles. The third-order valence-corrected chi connectivity index (χ3v) is 5.20. The van der Waals surface area contributed by atoms with Crippen LogP contribution in [0.5, 0.6) is 11.5 Å². The fourth-order valence-corrected chi connectivity index (χ4v) is 3.61. The number of nitrogens with one attached hydrogen (secondary N) is 1. The first-order chi connectivity index (χ1) is 14.3. The van der Waals surface area contributed by atoms with Crippen molar-refractivity contribution >= 4 is 11.9 Å². The number of hydrogen-bond donors (Lipinski definition) is 1. The average molecular weight is 388 g/mol. The van der Waals surface area contributed by atoms with Crippen molar-refractivity contribution in [2.24, 2.45) is 0 Å². The molecule has 0 spiro atoms. The zero-order valence-electron chi connectivity index (χ0n) is 15.8. The molecule has 2 aromatic carbocycles. The van der Waals surface area contributed by atoms with Gasteiger partial charge in [0.2, 0.25) is 12.7 Å². The topological polar surface area (TPSA) is 76.6 Å². The molecule has 7 nitrogen and oxygen atoms in total. The van der Waals surface area contributed by atoms with E-state index >= 15 is 0 Å². The van der Waals surface area contributed by atoms with Gasteiger partial charge >= 0.3 is 0 Å². The first-order valence-corrected chi connectivity index (χ1v) is 9.57. The highest BCUT2D eigenvalue weighted by atomic mass is 16.7. The molecule has 3 aromatic rings. The van der Waals surface area contributed by atoms with Gasteiger partial charge in [0, 0.05) is 32.0 Å². The van der Waals surface area contributed by atoms with E-state index in [1.807, 2.05) is 35.2 Å². The van der Waals surface area contributed by atoms with Crippen LogP contribution < -0.4 is 14.8 Å². The van der Waals surface area contributed by atoms with Gasteiger partial charge in [-0.3, -0.25) is 4.79 Å². The second-order valence-corrected chi connectivity index (χ2v) is 7.08. The van der Waals surface area contributed by atoms with Gasteiger partial charge in [-0.1, -0.05) is 30.3 Å². The highest BCUT2D eigenvalue weighted by molar-refractivity contribution is 5.93. The molecular formula is C22H20N4O3. The van der Waals surface area contributed by atoms with E-state index in [1.54, 1.807) is 12.4 Å². The summed E-state index contributed by atoms with van der Waals surface area (Å²) < 4.78 is 10.7. The molecule has 0 unspecified atom stereocenters. The lowest BCUT2D eigenvalue weighted by Crippen LogP contribution is -2.36. The molecule has 29 heavy (non-hydrogen) atoms. The van der Waals surface area contributed by atoms with Gasteiger partial charge in [-0.05, 0) is 35.2 Å². The number of benzene rings is 2. The third kappa shape index (κ3) is 3.59. The van der Waals surface area contributed by atoms with Gasteiger partial charge in [-0.15, -0.1) is 0 Å². The Balaban J connectivity index is 1.22. The average Bonchev–Trinajstić information content (AvgIpc) is 3.25. The third-order valence-electron chi connectivity index (χ3n) is 5.20. The molecule has 0 saturated carbocycles. The van der Waals surface area contributed by atoms with Crippen LogP contribution in [0.4, 0.5) is 5.95 Å². The van der Waals surface area contributed by atoms with Crippen LogP contribution in [0.1, 0.15) is 27.0 Å². The zero-order valence-corrected chi connectivity index (χ0v) is 15.8. The maximum absolute atomic E-state index is 12.8. The minimum Gasteiger partial charge on any atom is -0.454 e. The number of rotatable bonds is 4. The number of amides is 1. The molecule has 3 heterocycles. The van der Waals surface area contributed by atoms with E-state index in [2.05, 4.69) is 27.4 Å². The number of carbonyl (C=O) groups excluding carboxylic acids is 1. The Morgan fingerprint density at radius 1 is 1.03 bits per heavy atom. The smallest absolute Gasteiger partial charge is 0.257 e. The van der Waals surface area contributed by atoms with Crippen molar-refractivity contribution in [3.05, 3.63) is 77.1 Å². The normalized spacial score (nSPS) is 14.4. The van der Waals surface area contributed by atoms with E-state index in [0.717, 1.165) is 23.5 Å². The van der Waals surface area contributed by atoms with Gasteiger partial charge in [-0.2, -0.15) is 0 Å². The molecule has 5 rings (SSSR count). The van der Waals surface area contributed by atoms with Crippen molar-refractivity contribution in [1.29, 1.82) is 0 Å². The quantitative estimate of drug-likeness (QED) is 0.740. The van der Waals surface area contributed by atoms with Gasteiger partial charge in [0.1, 0.15) is 0 Å². The first-order valence-electron chi connectivity index (χ1n) is 9.57. The lowest BCUT2D eigenvalue weighted by Gasteiger charge is -2.28. The second kappa shape index (κ2) is 7.43. The summed E-state index contributed by atoms with van der Waals surface area (Å²) in [5.41, 5.74) is 4.05. The molecule has 1 N–H and O–H groups in total. The molecule has 0 atom stereocenters. The maximum Gasteiger partial charge on any atom is 0.257 e. The number of aromatic nitrogens is 2. The summed E-state index contributed by atoms with van der Waals surface area (Å²) in [7, 11) is 0. The second-order valence-electron chi connectivity index (χ2n) is 7.08. The van der Waals surface area contributed by atoms with E-state index < -0.39 is 0 Å². The predicted octanol–water partition coefficient (Wildman–Crippen LogP) is 3.02. The Morgan fingerprint density at radius 3 is 2.69 bits per heavy atom. The first kappa shape index (κ1) is 17.5. The Morgan fingerprint density at radius 2 is 1.83 bits per heavy atom. The molecule has 1 amide bonds. The van der Waals surface area contributed by atoms with Crippen LogP contribution in [0.3, 0.4) is 0 Å². The lowest BCUT2D eigenvalue weighted by molar-refractivity contribution is 0.0734. The highest BCUT2D eigenvalue weighted by Crippen LogP contribution is 2.32. The van der Waals surface area contributed by atoms with Gasteiger partial charge in [0.25, 0.3) is 5.91 Å². The summed E-state index contributed by atoms with van der Waals surface area (Å²) in [6.45, 7) is 2.14. The van der Waals surface area contributed by atoms with Gasteiger partial charge in [0.15, 0.2) is 11.5 Å². The summed E-state index contributed by atoms with van der Waals surface area (Å²) >= 11 is 0. The number of carbonyl (C=O) groups is 1. The van der Waals surface area contributed by atoms with E-state index in [0.29, 0.717) is 31.1 Å². The van der Waals surface area contributed by atoms with E-state index in [9.17, 15) is 4.79 Å². The summed E-state index contributed by atoms with van der Waals surface area (Å²) in [5.74, 6) is 1.94. The standard InChI is InChI=1S/C22H20N4O3/c27-21(26-8-7-16-3-1-2-4-17(16)13-26)18-11-24-22(25-12-18)23-10-15-5-6-19-20(9-15)29-14-28-19/h1-6,9,11-12H,7-8,10,13-14H2,(H,23,24,25). The van der Waals surface area contributed by atoms with Crippen LogP contribution >= 0.6 is 0 Å². The van der Waals surface area contributed by atoms with Gasteiger partial charge in [-0.25, -0.2) is 9.97 Å². The minimum atomic E-state index is -0.0400. The number of fused-ring (bicyclic) bond motifs is 2. The highest BCUT2D eigenvalue weighted by Gasteiger charge is 2.22. The van der Waals surface area contributed by atoms with Crippen LogP contribution in [0.15, 0.2) is 54.9 Å². The summed E-state index contributed by atoms with van der Waals surface area (Å²) in [6.07, 6.45) is 4.04. The summed E-state index contributed by atoms with van der Waals surface area (Å²) in [6, 6.07) is 14.0. The molecule has 0 radical (unpaired) electrons.